The number of fused-ring (bicyclic) bond motifs is 1. The van der Waals surface area contributed by atoms with Crippen LogP contribution in [-0.4, -0.2) is 72.4 Å². The number of methoxy groups -OCH3 is 3. The number of hydrogen-bond donors (Lipinski definition) is 1. The van der Waals surface area contributed by atoms with Gasteiger partial charge in [-0.05, 0) is 61.6 Å². The maximum atomic E-state index is 6.59. The molecule has 2 aliphatic heterocycles. The smallest absolute Gasteiger partial charge is 0.142 e. The van der Waals surface area contributed by atoms with Crippen molar-refractivity contribution in [3.05, 3.63) is 53.6 Å². The summed E-state index contributed by atoms with van der Waals surface area (Å²) in [5.41, 5.74) is 3.61. The van der Waals surface area contributed by atoms with Crippen LogP contribution in [0.3, 0.4) is 0 Å². The van der Waals surface area contributed by atoms with E-state index in [-0.39, 0.29) is 12.2 Å². The zero-order valence-corrected chi connectivity index (χ0v) is 22.2. The van der Waals surface area contributed by atoms with Crippen molar-refractivity contribution in [3.63, 3.8) is 0 Å². The summed E-state index contributed by atoms with van der Waals surface area (Å²) in [6.07, 6.45) is 3.30. The molecule has 2 aliphatic rings. The number of benzene rings is 2. The Bertz CT molecular complexity index is 938. The highest BCUT2D eigenvalue weighted by molar-refractivity contribution is 5.61. The molecule has 0 unspecified atom stereocenters. The summed E-state index contributed by atoms with van der Waals surface area (Å²) in [5, 5.41) is 3.71. The van der Waals surface area contributed by atoms with E-state index in [1.54, 1.807) is 21.3 Å². The summed E-state index contributed by atoms with van der Waals surface area (Å²) in [6.45, 7) is 6.85. The fourth-order valence-electron chi connectivity index (χ4n) is 5.26. The van der Waals surface area contributed by atoms with Crippen LogP contribution < -0.4 is 19.7 Å². The fourth-order valence-corrected chi connectivity index (χ4v) is 5.26. The molecule has 2 heterocycles. The van der Waals surface area contributed by atoms with Gasteiger partial charge in [-0.15, -0.1) is 0 Å². The lowest BCUT2D eigenvalue weighted by atomic mass is 9.82. The molecule has 0 aromatic heterocycles. The van der Waals surface area contributed by atoms with Crippen molar-refractivity contribution in [1.29, 1.82) is 0 Å². The third-order valence-electron chi connectivity index (χ3n) is 7.38. The minimum absolute atomic E-state index is 0.0811. The van der Waals surface area contributed by atoms with E-state index < -0.39 is 0 Å². The Kier molecular flexibility index (Phi) is 9.87. The number of rotatable bonds is 12. The molecule has 1 N–H and O–H groups in total. The van der Waals surface area contributed by atoms with Crippen LogP contribution in [-0.2, 0) is 20.8 Å². The molecule has 0 radical (unpaired) electrons. The second kappa shape index (κ2) is 13.3. The molecule has 36 heavy (non-hydrogen) atoms. The average molecular weight is 499 g/mol. The van der Waals surface area contributed by atoms with Crippen LogP contribution in [0.25, 0.3) is 0 Å². The molecule has 2 aromatic rings. The molecule has 1 saturated heterocycles. The number of anilines is 1. The van der Waals surface area contributed by atoms with E-state index in [0.29, 0.717) is 18.6 Å². The van der Waals surface area contributed by atoms with Crippen LogP contribution >= 0.6 is 0 Å². The zero-order valence-electron chi connectivity index (χ0n) is 22.2. The first-order chi connectivity index (χ1) is 17.6. The van der Waals surface area contributed by atoms with E-state index in [0.717, 1.165) is 69.3 Å². The van der Waals surface area contributed by atoms with Crippen LogP contribution in [0.5, 0.6) is 11.5 Å². The largest absolute Gasteiger partial charge is 0.497 e. The number of ether oxygens (including phenoxy) is 5. The summed E-state index contributed by atoms with van der Waals surface area (Å²) in [5.74, 6) is 2.13. The maximum Gasteiger partial charge on any atom is 0.142 e. The Morgan fingerprint density at radius 3 is 2.69 bits per heavy atom. The van der Waals surface area contributed by atoms with Gasteiger partial charge in [-0.25, -0.2) is 0 Å². The molecule has 4 atom stereocenters. The maximum absolute atomic E-state index is 6.59. The quantitative estimate of drug-likeness (QED) is 0.436. The van der Waals surface area contributed by atoms with Crippen molar-refractivity contribution in [3.8, 4) is 11.5 Å². The second-order valence-corrected chi connectivity index (χ2v) is 9.84. The summed E-state index contributed by atoms with van der Waals surface area (Å²) in [7, 11) is 5.24. The topological polar surface area (TPSA) is 61.4 Å². The van der Waals surface area contributed by atoms with Gasteiger partial charge >= 0.3 is 0 Å². The lowest BCUT2D eigenvalue weighted by Gasteiger charge is -2.38. The molecule has 198 valence electrons. The normalized spacial score (nSPS) is 22.6. The standard InChI is InChI=1S/C29H42N2O5/c1-21(33-3)16-24-18-26(23-7-9-25(34-4)10-8-23)29(19-30-24)36-20-22-6-11-28-27(17-22)31(13-15-35-28)12-5-14-32-2/h6-11,17,21,24,26,29-30H,5,12-16,18-20H2,1-4H3/t21-,24-,26+,29-/m0/s1. The Labute approximate surface area is 216 Å². The van der Waals surface area contributed by atoms with E-state index in [1.165, 1.54) is 11.1 Å². The van der Waals surface area contributed by atoms with E-state index >= 15 is 0 Å². The number of nitrogens with zero attached hydrogens (tertiary/aromatic N) is 1. The van der Waals surface area contributed by atoms with E-state index in [9.17, 15) is 0 Å². The zero-order chi connectivity index (χ0) is 25.3. The van der Waals surface area contributed by atoms with Gasteiger partial charge in [-0.3, -0.25) is 0 Å². The molecule has 0 amide bonds. The van der Waals surface area contributed by atoms with Crippen molar-refractivity contribution in [1.82, 2.24) is 5.32 Å². The fraction of sp³-hybridized carbons (Fsp3) is 0.586. The molecule has 0 saturated carbocycles. The van der Waals surface area contributed by atoms with Crippen molar-refractivity contribution in [2.45, 2.75) is 57.0 Å². The van der Waals surface area contributed by atoms with Crippen molar-refractivity contribution >= 4 is 5.69 Å². The van der Waals surface area contributed by atoms with Crippen LogP contribution in [0, 0.1) is 0 Å². The Morgan fingerprint density at radius 2 is 1.94 bits per heavy atom. The highest BCUT2D eigenvalue weighted by Gasteiger charge is 2.33. The highest BCUT2D eigenvalue weighted by atomic mass is 16.5. The van der Waals surface area contributed by atoms with Crippen molar-refractivity contribution < 1.29 is 23.7 Å². The first kappa shape index (κ1) is 26.7. The third-order valence-corrected chi connectivity index (χ3v) is 7.38. The third kappa shape index (κ3) is 6.91. The van der Waals surface area contributed by atoms with Gasteiger partial charge in [0.2, 0.25) is 0 Å². The van der Waals surface area contributed by atoms with Crippen LogP contribution in [0.1, 0.15) is 43.2 Å². The van der Waals surface area contributed by atoms with Crippen LogP contribution in [0.15, 0.2) is 42.5 Å². The Hall–Kier alpha value is -2.32. The van der Waals surface area contributed by atoms with Gasteiger partial charge in [-0.2, -0.15) is 0 Å². The number of nitrogens with one attached hydrogen (secondary N) is 1. The monoisotopic (exact) mass is 498 g/mol. The van der Waals surface area contributed by atoms with Gasteiger partial charge in [0.15, 0.2) is 0 Å². The first-order valence-electron chi connectivity index (χ1n) is 13.1. The van der Waals surface area contributed by atoms with Gasteiger partial charge < -0.3 is 33.9 Å². The number of hydrogen-bond acceptors (Lipinski definition) is 7. The van der Waals surface area contributed by atoms with Crippen LogP contribution in [0.4, 0.5) is 5.69 Å². The predicted molar refractivity (Wildman–Crippen MR) is 142 cm³/mol. The summed E-state index contributed by atoms with van der Waals surface area (Å²) in [6, 6.07) is 15.3. The van der Waals surface area contributed by atoms with E-state index in [4.69, 9.17) is 23.7 Å². The molecule has 0 spiro atoms. The first-order valence-corrected chi connectivity index (χ1v) is 13.1. The van der Waals surface area contributed by atoms with Gasteiger partial charge in [0.25, 0.3) is 0 Å². The van der Waals surface area contributed by atoms with Crippen LogP contribution in [0.2, 0.25) is 0 Å². The number of piperidine rings is 1. The molecule has 7 nitrogen and oxygen atoms in total. The minimum Gasteiger partial charge on any atom is -0.497 e. The Balaban J connectivity index is 1.45. The summed E-state index contributed by atoms with van der Waals surface area (Å²) >= 11 is 0. The molecular weight excluding hydrogens is 456 g/mol. The van der Waals surface area contributed by atoms with Gasteiger partial charge in [-0.1, -0.05) is 18.2 Å². The van der Waals surface area contributed by atoms with Gasteiger partial charge in [0.1, 0.15) is 18.1 Å². The summed E-state index contributed by atoms with van der Waals surface area (Å²) in [4.78, 5) is 2.39. The average Bonchev–Trinajstić information content (AvgIpc) is 2.92. The predicted octanol–water partition coefficient (Wildman–Crippen LogP) is 4.39. The molecule has 1 fully saturated rings. The Morgan fingerprint density at radius 1 is 1.11 bits per heavy atom. The SMILES string of the molecule is COCCCN1CCOc2ccc(CO[C@H]3CN[C@@H](C[C@H](C)OC)C[C@@H]3c3ccc(OC)cc3)cc21. The second-order valence-electron chi connectivity index (χ2n) is 9.84. The lowest BCUT2D eigenvalue weighted by molar-refractivity contribution is -0.00283. The van der Waals surface area contributed by atoms with Crippen molar-refractivity contribution in [2.24, 2.45) is 0 Å². The molecule has 4 rings (SSSR count). The minimum atomic E-state index is 0.0811. The van der Waals surface area contributed by atoms with E-state index in [2.05, 4.69) is 47.5 Å². The molecule has 0 aliphatic carbocycles. The van der Waals surface area contributed by atoms with E-state index in [1.807, 2.05) is 12.1 Å². The summed E-state index contributed by atoms with van der Waals surface area (Å²) < 4.78 is 28.7. The van der Waals surface area contributed by atoms with Gasteiger partial charge in [0.05, 0.1) is 38.2 Å². The molecule has 7 heteroatoms. The molecule has 0 bridgehead atoms. The van der Waals surface area contributed by atoms with Gasteiger partial charge in [0, 0.05) is 45.9 Å². The lowest BCUT2D eigenvalue weighted by Crippen LogP contribution is -2.48. The molecular formula is C29H42N2O5. The molecule has 2 aromatic carbocycles. The highest BCUT2D eigenvalue weighted by Crippen LogP contribution is 2.35. The van der Waals surface area contributed by atoms with Crippen molar-refractivity contribution in [2.75, 3.05) is 59.1 Å².